The number of hydrogen-bond acceptors (Lipinski definition) is 4. The molecule has 6 heteroatoms. The van der Waals surface area contributed by atoms with Crippen LogP contribution in [0.2, 0.25) is 0 Å². The van der Waals surface area contributed by atoms with E-state index in [0.717, 1.165) is 22.3 Å². The molecule has 1 saturated heterocycles. The van der Waals surface area contributed by atoms with Gasteiger partial charge in [0.2, 0.25) is 0 Å². The zero-order valence-corrected chi connectivity index (χ0v) is 19.6. The van der Waals surface area contributed by atoms with Gasteiger partial charge in [0.1, 0.15) is 24.9 Å². The minimum atomic E-state index is -3.79. The van der Waals surface area contributed by atoms with Crippen LogP contribution in [0.5, 0.6) is 5.75 Å². The van der Waals surface area contributed by atoms with Gasteiger partial charge in [-0.1, -0.05) is 48.0 Å². The van der Waals surface area contributed by atoms with Gasteiger partial charge in [-0.25, -0.2) is 0 Å². The van der Waals surface area contributed by atoms with Gasteiger partial charge >= 0.3 is 0 Å². The lowest BCUT2D eigenvalue weighted by Gasteiger charge is -2.53. The lowest BCUT2D eigenvalue weighted by atomic mass is 9.89. The second kappa shape index (κ2) is 9.06. The molecule has 168 valence electrons. The van der Waals surface area contributed by atoms with E-state index in [9.17, 15) is 8.42 Å². The summed E-state index contributed by atoms with van der Waals surface area (Å²) in [5.74, 6) is 0.817. The number of rotatable bonds is 8. The summed E-state index contributed by atoms with van der Waals surface area (Å²) < 4.78 is 37.3. The van der Waals surface area contributed by atoms with E-state index in [-0.39, 0.29) is 17.0 Å². The number of likely N-dealkylation sites (tertiary alicyclic amines) is 1. The lowest BCUT2D eigenvalue weighted by Crippen LogP contribution is -2.68. The number of benzene rings is 3. The summed E-state index contributed by atoms with van der Waals surface area (Å²) in [5.41, 5.74) is 3.40. The molecule has 0 saturated carbocycles. The van der Waals surface area contributed by atoms with Gasteiger partial charge < -0.3 is 9.22 Å². The largest absolute Gasteiger partial charge is 0.497 e. The summed E-state index contributed by atoms with van der Waals surface area (Å²) in [5, 5.41) is 0. The van der Waals surface area contributed by atoms with Crippen LogP contribution >= 0.6 is 0 Å². The van der Waals surface area contributed by atoms with Crippen LogP contribution in [-0.4, -0.2) is 45.7 Å². The smallest absolute Gasteiger partial charge is 0.297 e. The maximum Gasteiger partial charge on any atom is 0.297 e. The number of methoxy groups -OCH3 is 1. The number of nitrogens with zero attached hydrogens (tertiary/aromatic N) is 1. The highest BCUT2D eigenvalue weighted by Gasteiger charge is 2.51. The summed E-state index contributed by atoms with van der Waals surface area (Å²) in [4.78, 5) is 0.208. The molecule has 32 heavy (non-hydrogen) atoms. The van der Waals surface area contributed by atoms with Crippen molar-refractivity contribution in [2.75, 3.05) is 26.7 Å². The highest BCUT2D eigenvalue weighted by atomic mass is 32.2. The Kier molecular flexibility index (Phi) is 6.38. The number of aryl methyl sites for hydroxylation is 1. The number of ether oxygens (including phenoxy) is 1. The molecule has 0 bridgehead atoms. The van der Waals surface area contributed by atoms with Crippen molar-refractivity contribution in [3.63, 3.8) is 0 Å². The van der Waals surface area contributed by atoms with Gasteiger partial charge in [-0.3, -0.25) is 4.18 Å². The third-order valence-electron chi connectivity index (χ3n) is 6.43. The fourth-order valence-corrected chi connectivity index (χ4v) is 5.72. The maximum absolute atomic E-state index is 12.8. The highest BCUT2D eigenvalue weighted by molar-refractivity contribution is 7.86. The molecular weight excluding hydrogens is 422 g/mol. The first-order chi connectivity index (χ1) is 15.4. The summed E-state index contributed by atoms with van der Waals surface area (Å²) in [6.45, 7) is 6.22. The molecule has 5 nitrogen and oxygen atoms in total. The maximum atomic E-state index is 12.8. The molecule has 0 aliphatic carbocycles. The SMILES string of the molecule is CC[N+]1(C(c2ccccc2)c2ccc(OC)cc2)CC(OS(=O)(=O)c2ccc(C)cc2)C1. The molecular formula is C26H30NO4S+. The van der Waals surface area contributed by atoms with Crippen molar-refractivity contribution in [1.29, 1.82) is 0 Å². The molecule has 0 N–H and O–H groups in total. The van der Waals surface area contributed by atoms with Crippen molar-refractivity contribution in [3.05, 3.63) is 95.6 Å². The van der Waals surface area contributed by atoms with Gasteiger partial charge in [0.05, 0.1) is 18.6 Å². The van der Waals surface area contributed by atoms with E-state index in [1.807, 2.05) is 37.3 Å². The summed E-state index contributed by atoms with van der Waals surface area (Å²) >= 11 is 0. The Morgan fingerprint density at radius 1 is 0.906 bits per heavy atom. The van der Waals surface area contributed by atoms with E-state index >= 15 is 0 Å². The van der Waals surface area contributed by atoms with Gasteiger partial charge in [-0.15, -0.1) is 0 Å². The Bertz CT molecular complexity index is 1140. The molecule has 0 spiro atoms. The molecule has 1 atom stereocenters. The zero-order chi connectivity index (χ0) is 22.8. The Morgan fingerprint density at radius 2 is 1.50 bits per heavy atom. The van der Waals surface area contributed by atoms with E-state index in [1.165, 1.54) is 11.1 Å². The van der Waals surface area contributed by atoms with Gasteiger partial charge in [0.15, 0.2) is 6.10 Å². The van der Waals surface area contributed by atoms with Gasteiger partial charge in [-0.2, -0.15) is 8.42 Å². The lowest BCUT2D eigenvalue weighted by molar-refractivity contribution is -0.991. The van der Waals surface area contributed by atoms with Gasteiger partial charge in [-0.05, 0) is 50.2 Å². The molecule has 1 unspecified atom stereocenters. The first-order valence-corrected chi connectivity index (χ1v) is 12.3. The molecule has 1 aliphatic heterocycles. The molecule has 3 aromatic rings. The predicted molar refractivity (Wildman–Crippen MR) is 125 cm³/mol. The second-order valence-electron chi connectivity index (χ2n) is 8.47. The minimum Gasteiger partial charge on any atom is -0.497 e. The fourth-order valence-electron chi connectivity index (χ4n) is 4.66. The fraction of sp³-hybridized carbons (Fsp3) is 0.308. The van der Waals surface area contributed by atoms with Crippen LogP contribution in [0.4, 0.5) is 0 Å². The van der Waals surface area contributed by atoms with Crippen molar-refractivity contribution < 1.29 is 21.8 Å². The Balaban J connectivity index is 1.59. The van der Waals surface area contributed by atoms with E-state index < -0.39 is 10.1 Å². The Hall–Kier alpha value is -2.67. The minimum absolute atomic E-state index is 0.0917. The van der Waals surface area contributed by atoms with Crippen LogP contribution in [0.15, 0.2) is 83.8 Å². The third-order valence-corrected chi connectivity index (χ3v) is 7.81. The monoisotopic (exact) mass is 452 g/mol. The van der Waals surface area contributed by atoms with Crippen LogP contribution < -0.4 is 4.74 Å². The molecule has 3 aromatic carbocycles. The van der Waals surface area contributed by atoms with E-state index in [1.54, 1.807) is 31.4 Å². The molecule has 0 aromatic heterocycles. The average Bonchev–Trinajstić information content (AvgIpc) is 2.78. The molecule has 1 aliphatic rings. The van der Waals surface area contributed by atoms with E-state index in [0.29, 0.717) is 13.1 Å². The highest BCUT2D eigenvalue weighted by Crippen LogP contribution is 2.41. The molecule has 1 fully saturated rings. The van der Waals surface area contributed by atoms with Crippen LogP contribution in [0, 0.1) is 6.92 Å². The van der Waals surface area contributed by atoms with Crippen molar-refractivity contribution in [2.24, 2.45) is 0 Å². The number of hydrogen-bond donors (Lipinski definition) is 0. The van der Waals surface area contributed by atoms with E-state index in [2.05, 4.69) is 31.2 Å². The first-order valence-electron chi connectivity index (χ1n) is 10.9. The second-order valence-corrected chi connectivity index (χ2v) is 10.0. The normalized spacial score (nSPS) is 21.5. The summed E-state index contributed by atoms with van der Waals surface area (Å²) in [6.07, 6.45) is -0.342. The van der Waals surface area contributed by atoms with Crippen LogP contribution in [0.1, 0.15) is 29.7 Å². The first kappa shape index (κ1) is 22.5. The van der Waals surface area contributed by atoms with Crippen LogP contribution in [-0.2, 0) is 14.3 Å². The Morgan fingerprint density at radius 3 is 2.06 bits per heavy atom. The van der Waals surface area contributed by atoms with Crippen molar-refractivity contribution in [1.82, 2.24) is 0 Å². The zero-order valence-electron chi connectivity index (χ0n) is 18.8. The van der Waals surface area contributed by atoms with Crippen LogP contribution in [0.25, 0.3) is 0 Å². The molecule has 0 radical (unpaired) electrons. The molecule has 0 amide bonds. The van der Waals surface area contributed by atoms with Crippen molar-refractivity contribution in [3.8, 4) is 5.75 Å². The topological polar surface area (TPSA) is 52.6 Å². The van der Waals surface area contributed by atoms with Crippen molar-refractivity contribution >= 4 is 10.1 Å². The number of likely N-dealkylation sites (N-methyl/N-ethyl adjacent to an activating group) is 1. The average molecular weight is 453 g/mol. The van der Waals surface area contributed by atoms with Gasteiger partial charge in [0, 0.05) is 11.1 Å². The van der Waals surface area contributed by atoms with E-state index in [4.69, 9.17) is 8.92 Å². The van der Waals surface area contributed by atoms with Crippen molar-refractivity contribution in [2.45, 2.75) is 30.9 Å². The summed E-state index contributed by atoms with van der Waals surface area (Å²) in [7, 11) is -2.12. The number of quaternary nitrogens is 1. The standard InChI is InChI=1S/C26H30NO4S/c1-4-27(18-24(19-27)31-32(28,29)25-16-10-20(2)11-17-25)26(21-8-6-5-7-9-21)22-12-14-23(30-3)15-13-22/h5-17,24,26H,4,18-19H2,1-3H3/q+1. The Labute approximate surface area is 190 Å². The van der Waals surface area contributed by atoms with Crippen LogP contribution in [0.3, 0.4) is 0 Å². The molecule has 4 rings (SSSR count). The third kappa shape index (κ3) is 4.44. The predicted octanol–water partition coefficient (Wildman–Crippen LogP) is 4.72. The quantitative estimate of drug-likeness (QED) is 0.367. The van der Waals surface area contributed by atoms with Gasteiger partial charge in [0.25, 0.3) is 10.1 Å². The summed E-state index contributed by atoms with van der Waals surface area (Å²) in [6, 6.07) is 25.4. The molecule has 1 heterocycles.